The molecule has 0 saturated carbocycles. The Hall–Kier alpha value is -1.25. The zero-order chi connectivity index (χ0) is 9.84. The van der Waals surface area contributed by atoms with Crippen LogP contribution in [0.3, 0.4) is 0 Å². The van der Waals surface area contributed by atoms with Crippen LogP contribution in [0.25, 0.3) is 0 Å². The van der Waals surface area contributed by atoms with Gasteiger partial charge in [-0.15, -0.1) is 0 Å². The fraction of sp³-hybridized carbons (Fsp3) is 0.500. The summed E-state index contributed by atoms with van der Waals surface area (Å²) in [6.07, 6.45) is 2.80. The Balaban J connectivity index is 2.93. The lowest BCUT2D eigenvalue weighted by Gasteiger charge is -2.04. The van der Waals surface area contributed by atoms with E-state index in [4.69, 9.17) is 0 Å². The van der Waals surface area contributed by atoms with Crippen LogP contribution in [-0.4, -0.2) is 17.0 Å². The molecule has 1 rings (SSSR count). The summed E-state index contributed by atoms with van der Waals surface area (Å²) in [5.41, 5.74) is 1.89. The predicted molar refractivity (Wildman–Crippen MR) is 52.8 cm³/mol. The Morgan fingerprint density at radius 2 is 2.23 bits per heavy atom. The van der Waals surface area contributed by atoms with Crippen molar-refractivity contribution in [1.82, 2.24) is 9.88 Å². The SMILES string of the molecule is CCNC(=O)c1ccn(C)c1CC. The highest BCUT2D eigenvalue weighted by molar-refractivity contribution is 5.95. The van der Waals surface area contributed by atoms with E-state index in [1.165, 1.54) is 0 Å². The van der Waals surface area contributed by atoms with Crippen LogP contribution in [0.1, 0.15) is 29.9 Å². The third kappa shape index (κ3) is 1.91. The first-order valence-corrected chi connectivity index (χ1v) is 4.63. The molecule has 3 nitrogen and oxygen atoms in total. The fourth-order valence-electron chi connectivity index (χ4n) is 1.46. The third-order valence-electron chi connectivity index (χ3n) is 2.12. The third-order valence-corrected chi connectivity index (χ3v) is 2.12. The minimum absolute atomic E-state index is 0.0277. The standard InChI is InChI=1S/C10H16N2O/c1-4-9-8(6-7-12(9)3)10(13)11-5-2/h6-7H,4-5H2,1-3H3,(H,11,13). The number of aryl methyl sites for hydroxylation is 1. The first-order chi connectivity index (χ1) is 6.20. The number of carbonyl (C=O) groups is 1. The van der Waals surface area contributed by atoms with Crippen LogP contribution in [-0.2, 0) is 13.5 Å². The monoisotopic (exact) mass is 180 g/mol. The maximum Gasteiger partial charge on any atom is 0.253 e. The van der Waals surface area contributed by atoms with Crippen molar-refractivity contribution in [2.24, 2.45) is 7.05 Å². The van der Waals surface area contributed by atoms with Crippen molar-refractivity contribution >= 4 is 5.91 Å². The van der Waals surface area contributed by atoms with Crippen molar-refractivity contribution < 1.29 is 4.79 Å². The summed E-state index contributed by atoms with van der Waals surface area (Å²) in [7, 11) is 1.96. The van der Waals surface area contributed by atoms with E-state index in [0.717, 1.165) is 17.7 Å². The molecule has 0 aromatic carbocycles. The molecule has 0 aliphatic carbocycles. The number of aromatic nitrogens is 1. The Morgan fingerprint density at radius 3 is 2.77 bits per heavy atom. The van der Waals surface area contributed by atoms with Gasteiger partial charge in [0.05, 0.1) is 5.56 Å². The highest BCUT2D eigenvalue weighted by Gasteiger charge is 2.11. The van der Waals surface area contributed by atoms with Gasteiger partial charge in [-0.3, -0.25) is 4.79 Å². The van der Waals surface area contributed by atoms with Gasteiger partial charge in [0.1, 0.15) is 0 Å². The molecule has 0 radical (unpaired) electrons. The topological polar surface area (TPSA) is 34.0 Å². The number of rotatable bonds is 3. The van der Waals surface area contributed by atoms with Crippen LogP contribution in [0.2, 0.25) is 0 Å². The van der Waals surface area contributed by atoms with E-state index >= 15 is 0 Å². The molecule has 0 aliphatic heterocycles. The Labute approximate surface area is 78.8 Å². The van der Waals surface area contributed by atoms with Crippen molar-refractivity contribution in [1.29, 1.82) is 0 Å². The molecule has 1 heterocycles. The summed E-state index contributed by atoms with van der Waals surface area (Å²) in [5.74, 6) is 0.0277. The van der Waals surface area contributed by atoms with E-state index in [9.17, 15) is 4.79 Å². The van der Waals surface area contributed by atoms with Crippen molar-refractivity contribution in [3.8, 4) is 0 Å². The van der Waals surface area contributed by atoms with Crippen LogP contribution >= 0.6 is 0 Å². The van der Waals surface area contributed by atoms with E-state index in [2.05, 4.69) is 12.2 Å². The number of hydrogen-bond acceptors (Lipinski definition) is 1. The van der Waals surface area contributed by atoms with E-state index in [0.29, 0.717) is 6.54 Å². The predicted octanol–water partition coefficient (Wildman–Crippen LogP) is 1.34. The molecule has 0 atom stereocenters. The highest BCUT2D eigenvalue weighted by Crippen LogP contribution is 2.10. The summed E-state index contributed by atoms with van der Waals surface area (Å²) < 4.78 is 1.99. The largest absolute Gasteiger partial charge is 0.354 e. The molecule has 1 N–H and O–H groups in total. The molecule has 1 amide bonds. The average molecular weight is 180 g/mol. The van der Waals surface area contributed by atoms with Crippen LogP contribution in [0, 0.1) is 0 Å². The van der Waals surface area contributed by atoms with E-state index in [-0.39, 0.29) is 5.91 Å². The van der Waals surface area contributed by atoms with E-state index in [1.807, 2.05) is 30.8 Å². The lowest BCUT2D eigenvalue weighted by Crippen LogP contribution is -2.23. The van der Waals surface area contributed by atoms with Crippen LogP contribution < -0.4 is 5.32 Å². The molecule has 3 heteroatoms. The lowest BCUT2D eigenvalue weighted by atomic mass is 10.2. The summed E-state index contributed by atoms with van der Waals surface area (Å²) >= 11 is 0. The van der Waals surface area contributed by atoms with Gasteiger partial charge in [-0.05, 0) is 19.4 Å². The number of carbonyl (C=O) groups excluding carboxylic acids is 1. The van der Waals surface area contributed by atoms with Crippen LogP contribution in [0.5, 0.6) is 0 Å². The summed E-state index contributed by atoms with van der Waals surface area (Å²) in [6, 6.07) is 1.86. The highest BCUT2D eigenvalue weighted by atomic mass is 16.1. The van der Waals surface area contributed by atoms with Gasteiger partial charge in [0.15, 0.2) is 0 Å². The Morgan fingerprint density at radius 1 is 1.54 bits per heavy atom. The normalized spacial score (nSPS) is 10.1. The van der Waals surface area contributed by atoms with Crippen LogP contribution in [0.15, 0.2) is 12.3 Å². The first-order valence-electron chi connectivity index (χ1n) is 4.63. The van der Waals surface area contributed by atoms with Gasteiger partial charge in [-0.2, -0.15) is 0 Å². The quantitative estimate of drug-likeness (QED) is 0.748. The smallest absolute Gasteiger partial charge is 0.253 e. The molecule has 1 aromatic heterocycles. The molecule has 13 heavy (non-hydrogen) atoms. The van der Waals surface area contributed by atoms with E-state index in [1.54, 1.807) is 0 Å². The number of amides is 1. The van der Waals surface area contributed by atoms with Crippen LogP contribution in [0.4, 0.5) is 0 Å². The molecule has 1 aromatic rings. The zero-order valence-electron chi connectivity index (χ0n) is 8.42. The second-order valence-corrected chi connectivity index (χ2v) is 3.00. The maximum atomic E-state index is 11.5. The Bertz CT molecular complexity index is 302. The number of nitrogens with zero attached hydrogens (tertiary/aromatic N) is 1. The molecule has 0 saturated heterocycles. The molecule has 72 valence electrons. The van der Waals surface area contributed by atoms with Gasteiger partial charge in [0.25, 0.3) is 5.91 Å². The summed E-state index contributed by atoms with van der Waals surface area (Å²) in [6.45, 7) is 4.65. The van der Waals surface area contributed by atoms with Crippen molar-refractivity contribution in [3.05, 3.63) is 23.5 Å². The van der Waals surface area contributed by atoms with Crippen molar-refractivity contribution in [3.63, 3.8) is 0 Å². The summed E-state index contributed by atoms with van der Waals surface area (Å²) in [5, 5.41) is 2.80. The van der Waals surface area contributed by atoms with Crippen molar-refractivity contribution in [2.45, 2.75) is 20.3 Å². The van der Waals surface area contributed by atoms with E-state index < -0.39 is 0 Å². The Kier molecular flexibility index (Phi) is 3.12. The molecule has 0 fully saturated rings. The maximum absolute atomic E-state index is 11.5. The van der Waals surface area contributed by atoms with Gasteiger partial charge < -0.3 is 9.88 Å². The van der Waals surface area contributed by atoms with Crippen molar-refractivity contribution in [2.75, 3.05) is 6.54 Å². The minimum atomic E-state index is 0.0277. The number of hydrogen-bond donors (Lipinski definition) is 1. The van der Waals surface area contributed by atoms with Gasteiger partial charge in [0.2, 0.25) is 0 Å². The van der Waals surface area contributed by atoms with Gasteiger partial charge in [0, 0.05) is 25.5 Å². The second kappa shape index (κ2) is 4.12. The molecule has 0 aliphatic rings. The fourth-order valence-corrected chi connectivity index (χ4v) is 1.46. The first kappa shape index (κ1) is 9.84. The average Bonchev–Trinajstić information content (AvgIpc) is 2.47. The zero-order valence-corrected chi connectivity index (χ0v) is 8.42. The lowest BCUT2D eigenvalue weighted by molar-refractivity contribution is 0.0955. The molecular weight excluding hydrogens is 164 g/mol. The summed E-state index contributed by atoms with van der Waals surface area (Å²) in [4.78, 5) is 11.5. The van der Waals surface area contributed by atoms with Gasteiger partial charge in [-0.25, -0.2) is 0 Å². The second-order valence-electron chi connectivity index (χ2n) is 3.00. The minimum Gasteiger partial charge on any atom is -0.354 e. The van der Waals surface area contributed by atoms with Gasteiger partial charge >= 0.3 is 0 Å². The molecule has 0 bridgehead atoms. The number of nitrogens with one attached hydrogen (secondary N) is 1. The molecule has 0 unspecified atom stereocenters. The van der Waals surface area contributed by atoms with Gasteiger partial charge in [-0.1, -0.05) is 6.92 Å². The molecular formula is C10H16N2O. The molecule has 0 spiro atoms.